The maximum absolute atomic E-state index is 13.2. The van der Waals surface area contributed by atoms with Crippen molar-refractivity contribution in [2.45, 2.75) is 32.7 Å². The first-order valence-corrected chi connectivity index (χ1v) is 11.3. The van der Waals surface area contributed by atoms with Crippen molar-refractivity contribution < 1.29 is 9.53 Å². The van der Waals surface area contributed by atoms with Gasteiger partial charge in [-0.15, -0.1) is 0 Å². The SMILES string of the molecule is COc1ccc(Cn2c(CCC(=O)NCCc3ccc(C)cc3)nc3ncccc3c2=O)cc1. The first-order chi connectivity index (χ1) is 16.5. The van der Waals surface area contributed by atoms with Crippen LogP contribution in [0.1, 0.15) is 28.9 Å². The molecule has 0 spiro atoms. The summed E-state index contributed by atoms with van der Waals surface area (Å²) >= 11 is 0. The molecule has 0 bridgehead atoms. The lowest BCUT2D eigenvalue weighted by molar-refractivity contribution is -0.121. The smallest absolute Gasteiger partial charge is 0.263 e. The highest BCUT2D eigenvalue weighted by Gasteiger charge is 2.14. The Morgan fingerprint density at radius 1 is 1.00 bits per heavy atom. The van der Waals surface area contributed by atoms with Gasteiger partial charge in [0.05, 0.1) is 19.0 Å². The summed E-state index contributed by atoms with van der Waals surface area (Å²) in [5, 5.41) is 3.43. The zero-order chi connectivity index (χ0) is 23.9. The number of aryl methyl sites for hydroxylation is 2. The molecule has 0 aliphatic rings. The van der Waals surface area contributed by atoms with Crippen molar-refractivity contribution in [2.24, 2.45) is 0 Å². The van der Waals surface area contributed by atoms with E-state index in [0.29, 0.717) is 36.4 Å². The van der Waals surface area contributed by atoms with Crippen LogP contribution < -0.4 is 15.6 Å². The van der Waals surface area contributed by atoms with Crippen molar-refractivity contribution in [1.29, 1.82) is 0 Å². The average Bonchev–Trinajstić information content (AvgIpc) is 2.86. The van der Waals surface area contributed by atoms with Gasteiger partial charge in [0.1, 0.15) is 11.6 Å². The van der Waals surface area contributed by atoms with Crippen molar-refractivity contribution in [3.8, 4) is 5.75 Å². The molecule has 34 heavy (non-hydrogen) atoms. The zero-order valence-electron chi connectivity index (χ0n) is 19.5. The Morgan fingerprint density at radius 2 is 1.74 bits per heavy atom. The number of amides is 1. The Labute approximate surface area is 198 Å². The Hall–Kier alpha value is -4.00. The van der Waals surface area contributed by atoms with Gasteiger partial charge in [0.2, 0.25) is 5.91 Å². The summed E-state index contributed by atoms with van der Waals surface area (Å²) in [7, 11) is 1.61. The standard InChI is InChI=1S/C27H28N4O3/c1-19-5-7-20(8-6-19)15-17-28-25(32)14-13-24-30-26-23(4-3-16-29-26)27(33)31(24)18-21-9-11-22(34-2)12-10-21/h3-12,16H,13-15,17-18H2,1-2H3,(H,28,32). The van der Waals surface area contributed by atoms with Crippen LogP contribution in [-0.2, 0) is 24.2 Å². The molecule has 1 amide bonds. The van der Waals surface area contributed by atoms with E-state index in [-0.39, 0.29) is 17.9 Å². The number of fused-ring (bicyclic) bond motifs is 1. The fourth-order valence-corrected chi connectivity index (χ4v) is 3.78. The van der Waals surface area contributed by atoms with Gasteiger partial charge in [0.25, 0.3) is 5.56 Å². The lowest BCUT2D eigenvalue weighted by Crippen LogP contribution is -2.29. The molecule has 2 heterocycles. The van der Waals surface area contributed by atoms with Crippen LogP contribution in [0.25, 0.3) is 11.0 Å². The Balaban J connectivity index is 1.47. The summed E-state index contributed by atoms with van der Waals surface area (Å²) in [6, 6.07) is 19.3. The first kappa shape index (κ1) is 23.2. The van der Waals surface area contributed by atoms with Crippen LogP contribution >= 0.6 is 0 Å². The van der Waals surface area contributed by atoms with Gasteiger partial charge in [-0.05, 0) is 48.7 Å². The number of benzene rings is 2. The number of nitrogens with zero attached hydrogens (tertiary/aromatic N) is 3. The van der Waals surface area contributed by atoms with Crippen molar-refractivity contribution in [3.05, 3.63) is 99.7 Å². The number of nitrogens with one attached hydrogen (secondary N) is 1. The molecular weight excluding hydrogens is 428 g/mol. The second kappa shape index (κ2) is 10.7. The van der Waals surface area contributed by atoms with Gasteiger partial charge >= 0.3 is 0 Å². The molecule has 0 unspecified atom stereocenters. The molecule has 7 nitrogen and oxygen atoms in total. The first-order valence-electron chi connectivity index (χ1n) is 11.3. The molecule has 0 saturated heterocycles. The fraction of sp³-hybridized carbons (Fsp3) is 0.259. The van der Waals surface area contributed by atoms with Crippen LogP contribution in [0.15, 0.2) is 71.7 Å². The summed E-state index contributed by atoms with van der Waals surface area (Å²) in [5.41, 5.74) is 3.57. The number of methoxy groups -OCH3 is 1. The number of hydrogen-bond acceptors (Lipinski definition) is 5. The van der Waals surface area contributed by atoms with Crippen molar-refractivity contribution in [1.82, 2.24) is 19.9 Å². The second-order valence-electron chi connectivity index (χ2n) is 8.23. The topological polar surface area (TPSA) is 86.1 Å². The summed E-state index contributed by atoms with van der Waals surface area (Å²) < 4.78 is 6.85. The van der Waals surface area contributed by atoms with Gasteiger partial charge in [-0.3, -0.25) is 14.2 Å². The predicted molar refractivity (Wildman–Crippen MR) is 132 cm³/mol. The molecule has 0 radical (unpaired) electrons. The number of rotatable bonds is 9. The minimum absolute atomic E-state index is 0.0709. The number of aromatic nitrogens is 3. The third-order valence-corrected chi connectivity index (χ3v) is 5.74. The molecule has 4 aromatic rings. The van der Waals surface area contributed by atoms with Crippen LogP contribution in [0.5, 0.6) is 5.75 Å². The molecule has 2 aromatic carbocycles. The number of ether oxygens (including phenoxy) is 1. The van der Waals surface area contributed by atoms with E-state index in [2.05, 4.69) is 46.5 Å². The van der Waals surface area contributed by atoms with Gasteiger partial charge in [-0.2, -0.15) is 0 Å². The lowest BCUT2D eigenvalue weighted by atomic mass is 10.1. The van der Waals surface area contributed by atoms with Gasteiger partial charge in [0, 0.05) is 25.6 Å². The molecule has 0 aliphatic carbocycles. The lowest BCUT2D eigenvalue weighted by Gasteiger charge is -2.14. The monoisotopic (exact) mass is 456 g/mol. The van der Waals surface area contributed by atoms with Crippen LogP contribution in [0.4, 0.5) is 0 Å². The van der Waals surface area contributed by atoms with Gasteiger partial charge in [-0.1, -0.05) is 42.0 Å². The number of carbonyl (C=O) groups excluding carboxylic acids is 1. The molecule has 2 aromatic heterocycles. The quantitative estimate of drug-likeness (QED) is 0.417. The Bertz CT molecular complexity index is 1330. The van der Waals surface area contributed by atoms with E-state index >= 15 is 0 Å². The van der Waals surface area contributed by atoms with Gasteiger partial charge in [0.15, 0.2) is 5.65 Å². The second-order valence-corrected chi connectivity index (χ2v) is 8.23. The fourth-order valence-electron chi connectivity index (χ4n) is 3.78. The largest absolute Gasteiger partial charge is 0.497 e. The number of pyridine rings is 1. The molecular formula is C27H28N4O3. The minimum Gasteiger partial charge on any atom is -0.497 e. The van der Waals surface area contributed by atoms with E-state index < -0.39 is 0 Å². The molecule has 0 aliphatic heterocycles. The molecule has 4 rings (SSSR count). The zero-order valence-corrected chi connectivity index (χ0v) is 19.5. The normalized spacial score (nSPS) is 10.9. The van der Waals surface area contributed by atoms with E-state index in [1.54, 1.807) is 30.0 Å². The van der Waals surface area contributed by atoms with E-state index in [0.717, 1.165) is 17.7 Å². The third-order valence-electron chi connectivity index (χ3n) is 5.74. The van der Waals surface area contributed by atoms with Crippen molar-refractivity contribution >= 4 is 16.9 Å². The number of hydrogen-bond donors (Lipinski definition) is 1. The summed E-state index contributed by atoms with van der Waals surface area (Å²) in [5.74, 6) is 1.22. The van der Waals surface area contributed by atoms with Gasteiger partial charge in [-0.25, -0.2) is 9.97 Å². The van der Waals surface area contributed by atoms with Crippen LogP contribution in [0.2, 0.25) is 0 Å². The molecule has 7 heteroatoms. The van der Waals surface area contributed by atoms with E-state index in [1.807, 2.05) is 24.3 Å². The molecule has 1 N–H and O–H groups in total. The summed E-state index contributed by atoms with van der Waals surface area (Å²) in [6.45, 7) is 2.97. The van der Waals surface area contributed by atoms with Crippen LogP contribution in [0.3, 0.4) is 0 Å². The molecule has 0 fully saturated rings. The number of carbonyl (C=O) groups is 1. The predicted octanol–water partition coefficient (Wildman–Crippen LogP) is 3.45. The van der Waals surface area contributed by atoms with Gasteiger partial charge < -0.3 is 10.1 Å². The van der Waals surface area contributed by atoms with Crippen molar-refractivity contribution in [2.75, 3.05) is 13.7 Å². The Morgan fingerprint density at radius 3 is 2.47 bits per heavy atom. The summed E-state index contributed by atoms with van der Waals surface area (Å²) in [6.07, 6.45) is 2.96. The third kappa shape index (κ3) is 5.67. The van der Waals surface area contributed by atoms with E-state index in [9.17, 15) is 9.59 Å². The maximum Gasteiger partial charge on any atom is 0.263 e. The minimum atomic E-state index is -0.163. The summed E-state index contributed by atoms with van der Waals surface area (Å²) in [4.78, 5) is 34.6. The highest BCUT2D eigenvalue weighted by atomic mass is 16.5. The van der Waals surface area contributed by atoms with E-state index in [4.69, 9.17) is 4.74 Å². The Kier molecular flexibility index (Phi) is 7.32. The van der Waals surface area contributed by atoms with Crippen LogP contribution in [-0.4, -0.2) is 34.1 Å². The highest BCUT2D eigenvalue weighted by molar-refractivity contribution is 5.76. The van der Waals surface area contributed by atoms with Crippen LogP contribution in [0, 0.1) is 6.92 Å². The highest BCUT2D eigenvalue weighted by Crippen LogP contribution is 2.14. The average molecular weight is 457 g/mol. The van der Waals surface area contributed by atoms with Crippen molar-refractivity contribution in [3.63, 3.8) is 0 Å². The van der Waals surface area contributed by atoms with E-state index in [1.165, 1.54) is 11.1 Å². The molecule has 0 atom stereocenters. The molecule has 0 saturated carbocycles. The maximum atomic E-state index is 13.2. The molecule has 174 valence electrons.